The molecule has 2 aromatic rings. The molecular weight excluding hydrogens is 308 g/mol. The first-order valence-corrected chi connectivity index (χ1v) is 9.28. The van der Waals surface area contributed by atoms with Crippen LogP contribution in [0.3, 0.4) is 0 Å². The summed E-state index contributed by atoms with van der Waals surface area (Å²) in [5.41, 5.74) is 4.06. The number of nitrogens with one attached hydrogen (secondary N) is 1. The molecule has 1 aromatic heterocycles. The number of nitrogens with zero attached hydrogens (tertiary/aromatic N) is 1. The Labute approximate surface area is 140 Å². The van der Waals surface area contributed by atoms with Crippen molar-refractivity contribution in [3.05, 3.63) is 47.9 Å². The molecular formula is C18H20N2O2S. The van der Waals surface area contributed by atoms with E-state index in [1.165, 1.54) is 41.9 Å². The van der Waals surface area contributed by atoms with E-state index in [1.807, 2.05) is 16.7 Å². The minimum atomic E-state index is 0.0156. The van der Waals surface area contributed by atoms with Gasteiger partial charge in [0.25, 0.3) is 5.91 Å². The number of anilines is 2. The van der Waals surface area contributed by atoms with Crippen LogP contribution in [0.5, 0.6) is 0 Å². The van der Waals surface area contributed by atoms with Gasteiger partial charge in [-0.1, -0.05) is 0 Å². The highest BCUT2D eigenvalue weighted by Crippen LogP contribution is 2.32. The van der Waals surface area contributed by atoms with Gasteiger partial charge >= 0.3 is 0 Å². The molecule has 5 heteroatoms. The van der Waals surface area contributed by atoms with Crippen LogP contribution in [0.15, 0.2) is 41.2 Å². The summed E-state index contributed by atoms with van der Waals surface area (Å²) in [4.78, 5) is 14.4. The van der Waals surface area contributed by atoms with Crippen LogP contribution in [-0.4, -0.2) is 30.0 Å². The largest absolute Gasteiger partial charge is 0.472 e. The third-order valence-electron chi connectivity index (χ3n) is 4.52. The lowest BCUT2D eigenvalue weighted by Gasteiger charge is -2.24. The van der Waals surface area contributed by atoms with Crippen molar-refractivity contribution in [1.82, 2.24) is 0 Å². The zero-order valence-corrected chi connectivity index (χ0v) is 13.8. The van der Waals surface area contributed by atoms with Crippen LogP contribution in [0, 0.1) is 0 Å². The molecule has 3 heterocycles. The van der Waals surface area contributed by atoms with Gasteiger partial charge in [0.2, 0.25) is 0 Å². The van der Waals surface area contributed by atoms with Crippen molar-refractivity contribution in [3.63, 3.8) is 0 Å². The van der Waals surface area contributed by atoms with Crippen molar-refractivity contribution >= 4 is 29.0 Å². The first kappa shape index (κ1) is 14.7. The van der Waals surface area contributed by atoms with Gasteiger partial charge in [-0.05, 0) is 54.8 Å². The van der Waals surface area contributed by atoms with Crippen LogP contribution >= 0.6 is 11.8 Å². The van der Waals surface area contributed by atoms with Gasteiger partial charge in [0, 0.05) is 29.7 Å². The molecule has 2 aliphatic rings. The Kier molecular flexibility index (Phi) is 4.04. The summed E-state index contributed by atoms with van der Waals surface area (Å²) < 4.78 is 5.03. The Balaban J connectivity index is 1.51. The van der Waals surface area contributed by atoms with Crippen LogP contribution in [0.1, 0.15) is 28.8 Å². The maximum absolute atomic E-state index is 12.5. The second-order valence-corrected chi connectivity index (χ2v) is 7.27. The van der Waals surface area contributed by atoms with E-state index in [1.54, 1.807) is 12.3 Å². The Hall–Kier alpha value is -1.88. The Morgan fingerprint density at radius 3 is 3.09 bits per heavy atom. The Morgan fingerprint density at radius 1 is 1.35 bits per heavy atom. The van der Waals surface area contributed by atoms with Crippen molar-refractivity contribution in [3.8, 4) is 0 Å². The van der Waals surface area contributed by atoms with Gasteiger partial charge in [-0.25, -0.2) is 0 Å². The molecule has 0 unspecified atom stereocenters. The molecule has 1 N–H and O–H groups in total. The first-order chi connectivity index (χ1) is 11.3. The molecule has 1 amide bonds. The van der Waals surface area contributed by atoms with Gasteiger partial charge in [0.05, 0.1) is 11.8 Å². The van der Waals surface area contributed by atoms with E-state index in [0.29, 0.717) is 11.6 Å². The topological polar surface area (TPSA) is 45.5 Å². The fraction of sp³-hybridized carbons (Fsp3) is 0.389. The molecule has 120 valence electrons. The molecule has 0 bridgehead atoms. The smallest absolute Gasteiger partial charge is 0.261 e. The quantitative estimate of drug-likeness (QED) is 0.931. The molecule has 1 atom stereocenters. The molecule has 1 saturated heterocycles. The van der Waals surface area contributed by atoms with E-state index in [4.69, 9.17) is 4.42 Å². The lowest BCUT2D eigenvalue weighted by Crippen LogP contribution is -2.28. The van der Waals surface area contributed by atoms with E-state index in [2.05, 4.69) is 23.5 Å². The minimum absolute atomic E-state index is 0.0156. The maximum atomic E-state index is 12.5. The minimum Gasteiger partial charge on any atom is -0.472 e. The fourth-order valence-electron chi connectivity index (χ4n) is 3.33. The normalized spacial score (nSPS) is 20.3. The van der Waals surface area contributed by atoms with E-state index in [0.717, 1.165) is 18.7 Å². The van der Waals surface area contributed by atoms with Gasteiger partial charge in [0.1, 0.15) is 6.26 Å². The number of hydrogen-bond acceptors (Lipinski definition) is 4. The van der Waals surface area contributed by atoms with Crippen LogP contribution in [0.2, 0.25) is 0 Å². The summed E-state index contributed by atoms with van der Waals surface area (Å²) in [6.07, 6.45) is 6.50. The lowest BCUT2D eigenvalue weighted by atomic mass is 10.1. The molecule has 0 saturated carbocycles. The van der Waals surface area contributed by atoms with Gasteiger partial charge < -0.3 is 14.6 Å². The summed E-state index contributed by atoms with van der Waals surface area (Å²) in [5.74, 6) is 2.48. The van der Waals surface area contributed by atoms with E-state index < -0.39 is 0 Å². The van der Waals surface area contributed by atoms with Crippen LogP contribution in [0.25, 0.3) is 0 Å². The van der Waals surface area contributed by atoms with E-state index in [-0.39, 0.29) is 5.91 Å². The fourth-order valence-corrected chi connectivity index (χ4v) is 4.41. The molecule has 0 spiro atoms. The van der Waals surface area contributed by atoms with Crippen molar-refractivity contribution in [1.29, 1.82) is 0 Å². The number of amides is 1. The maximum Gasteiger partial charge on any atom is 0.261 e. The standard InChI is InChI=1S/C18H20N2O2S/c21-18(14-6-8-22-11-14)20-7-5-13-10-15(3-4-17(13)20)19-16-2-1-9-23-12-16/h3-4,6,8,10-11,16,19H,1-2,5,7,9,12H2/t16-/m0/s1. The Morgan fingerprint density at radius 2 is 2.30 bits per heavy atom. The highest BCUT2D eigenvalue weighted by atomic mass is 32.2. The number of furan rings is 1. The zero-order chi connectivity index (χ0) is 15.6. The van der Waals surface area contributed by atoms with Crippen LogP contribution in [-0.2, 0) is 6.42 Å². The van der Waals surface area contributed by atoms with Crippen molar-refractivity contribution in [2.45, 2.75) is 25.3 Å². The average molecular weight is 328 g/mol. The molecule has 2 aliphatic heterocycles. The second kappa shape index (κ2) is 6.32. The number of thioether (sulfide) groups is 1. The van der Waals surface area contributed by atoms with Gasteiger partial charge in [-0.3, -0.25) is 4.79 Å². The van der Waals surface area contributed by atoms with Crippen LogP contribution < -0.4 is 10.2 Å². The van der Waals surface area contributed by atoms with Crippen molar-refractivity contribution < 1.29 is 9.21 Å². The molecule has 1 fully saturated rings. The number of benzene rings is 1. The molecule has 0 radical (unpaired) electrons. The van der Waals surface area contributed by atoms with Crippen molar-refractivity contribution in [2.24, 2.45) is 0 Å². The summed E-state index contributed by atoms with van der Waals surface area (Å²) in [7, 11) is 0. The lowest BCUT2D eigenvalue weighted by molar-refractivity contribution is 0.0989. The summed E-state index contributed by atoms with van der Waals surface area (Å²) in [6.45, 7) is 0.738. The molecule has 23 heavy (non-hydrogen) atoms. The third-order valence-corrected chi connectivity index (χ3v) is 5.73. The van der Waals surface area contributed by atoms with Gasteiger partial charge in [0.15, 0.2) is 0 Å². The zero-order valence-electron chi connectivity index (χ0n) is 13.0. The van der Waals surface area contributed by atoms with E-state index >= 15 is 0 Å². The molecule has 4 nitrogen and oxygen atoms in total. The van der Waals surface area contributed by atoms with E-state index in [9.17, 15) is 4.79 Å². The molecule has 0 aliphatic carbocycles. The number of fused-ring (bicyclic) bond motifs is 1. The van der Waals surface area contributed by atoms with Crippen molar-refractivity contribution in [2.75, 3.05) is 28.3 Å². The number of hydrogen-bond donors (Lipinski definition) is 1. The average Bonchev–Trinajstić information content (AvgIpc) is 3.25. The predicted molar refractivity (Wildman–Crippen MR) is 94.5 cm³/mol. The molecule has 1 aromatic carbocycles. The third kappa shape index (κ3) is 2.98. The van der Waals surface area contributed by atoms with Gasteiger partial charge in [-0.2, -0.15) is 11.8 Å². The number of carbonyl (C=O) groups excluding carboxylic acids is 1. The monoisotopic (exact) mass is 328 g/mol. The van der Waals surface area contributed by atoms with Crippen LogP contribution in [0.4, 0.5) is 11.4 Å². The summed E-state index contributed by atoms with van der Waals surface area (Å²) in [6, 6.07) is 8.66. The second-order valence-electron chi connectivity index (χ2n) is 6.12. The number of rotatable bonds is 3. The first-order valence-electron chi connectivity index (χ1n) is 8.12. The highest BCUT2D eigenvalue weighted by Gasteiger charge is 2.26. The Bertz CT molecular complexity index is 693. The highest BCUT2D eigenvalue weighted by molar-refractivity contribution is 7.99. The summed E-state index contributed by atoms with van der Waals surface area (Å²) in [5, 5.41) is 3.64. The SMILES string of the molecule is O=C(c1ccoc1)N1CCc2cc(N[C@H]3CCCSC3)ccc21. The van der Waals surface area contributed by atoms with Gasteiger partial charge in [-0.15, -0.1) is 0 Å². The molecule has 4 rings (SSSR count). The predicted octanol–water partition coefficient (Wildman–Crippen LogP) is 3.79. The number of carbonyl (C=O) groups is 1. The summed E-state index contributed by atoms with van der Waals surface area (Å²) >= 11 is 2.03.